The Kier molecular flexibility index (Phi) is 4.05. The maximum Gasteiger partial charge on any atom is 0.234 e. The van der Waals surface area contributed by atoms with E-state index in [0.717, 1.165) is 5.56 Å². The van der Waals surface area contributed by atoms with Gasteiger partial charge in [0.05, 0.1) is 5.75 Å². The van der Waals surface area contributed by atoms with Crippen molar-refractivity contribution < 1.29 is 8.42 Å². The minimum Gasteiger partial charge on any atom is -0.272 e. The van der Waals surface area contributed by atoms with Crippen molar-refractivity contribution in [2.45, 2.75) is 6.42 Å². The van der Waals surface area contributed by atoms with E-state index in [1.807, 2.05) is 36.4 Å². The predicted octanol–water partition coefficient (Wildman–Crippen LogP) is 1.28. The van der Waals surface area contributed by atoms with Crippen LogP contribution in [0.15, 0.2) is 36.5 Å². The molecule has 0 aliphatic carbocycles. The summed E-state index contributed by atoms with van der Waals surface area (Å²) < 4.78 is 27.7. The zero-order valence-corrected chi connectivity index (χ0v) is 11.8. The SMILES string of the molecule is Cn1cc(C#N)c(NS(=O)(=O)CCc2ccccc2)n1. The van der Waals surface area contributed by atoms with Gasteiger partial charge in [-0.2, -0.15) is 10.4 Å². The maximum atomic E-state index is 12.0. The Morgan fingerprint density at radius 3 is 2.70 bits per heavy atom. The van der Waals surface area contributed by atoms with Gasteiger partial charge in [0.1, 0.15) is 11.6 Å². The van der Waals surface area contributed by atoms with Crippen LogP contribution in [0.3, 0.4) is 0 Å². The molecule has 2 rings (SSSR count). The minimum atomic E-state index is -3.53. The van der Waals surface area contributed by atoms with Crippen molar-refractivity contribution >= 4 is 15.8 Å². The highest BCUT2D eigenvalue weighted by Gasteiger charge is 2.15. The number of hydrogen-bond acceptors (Lipinski definition) is 4. The number of anilines is 1. The molecule has 0 bridgehead atoms. The summed E-state index contributed by atoms with van der Waals surface area (Å²) in [6, 6.07) is 11.3. The number of sulfonamides is 1. The molecule has 1 heterocycles. The second-order valence-corrected chi connectivity index (χ2v) is 6.18. The van der Waals surface area contributed by atoms with E-state index in [4.69, 9.17) is 5.26 Å². The molecule has 0 aliphatic rings. The fourth-order valence-corrected chi connectivity index (χ4v) is 2.79. The van der Waals surface area contributed by atoms with Crippen molar-refractivity contribution in [2.75, 3.05) is 10.5 Å². The summed E-state index contributed by atoms with van der Waals surface area (Å²) in [7, 11) is -1.90. The lowest BCUT2D eigenvalue weighted by atomic mass is 10.2. The number of aryl methyl sites for hydroxylation is 2. The van der Waals surface area contributed by atoms with Crippen molar-refractivity contribution in [3.05, 3.63) is 47.7 Å². The maximum absolute atomic E-state index is 12.0. The molecular formula is C13H14N4O2S. The molecule has 0 radical (unpaired) electrons. The molecule has 1 N–H and O–H groups in total. The first kappa shape index (κ1) is 14.1. The second-order valence-electron chi connectivity index (χ2n) is 4.33. The Balaban J connectivity index is 2.06. The highest BCUT2D eigenvalue weighted by molar-refractivity contribution is 7.92. The number of aromatic nitrogens is 2. The molecule has 7 heteroatoms. The first-order valence-electron chi connectivity index (χ1n) is 5.98. The third kappa shape index (κ3) is 3.59. The molecule has 104 valence electrons. The molecule has 0 unspecified atom stereocenters. The van der Waals surface area contributed by atoms with Gasteiger partial charge in [0.25, 0.3) is 0 Å². The van der Waals surface area contributed by atoms with Crippen LogP contribution in [0.2, 0.25) is 0 Å². The van der Waals surface area contributed by atoms with Crippen LogP contribution in [0, 0.1) is 11.3 Å². The quantitative estimate of drug-likeness (QED) is 0.898. The molecule has 0 amide bonds. The van der Waals surface area contributed by atoms with Crippen LogP contribution in [0.1, 0.15) is 11.1 Å². The third-order valence-electron chi connectivity index (χ3n) is 2.70. The van der Waals surface area contributed by atoms with Crippen molar-refractivity contribution in [3.63, 3.8) is 0 Å². The Morgan fingerprint density at radius 2 is 2.05 bits per heavy atom. The van der Waals surface area contributed by atoms with Crippen LogP contribution in [0.25, 0.3) is 0 Å². The molecule has 0 atom stereocenters. The topological polar surface area (TPSA) is 87.8 Å². The Morgan fingerprint density at radius 1 is 1.35 bits per heavy atom. The first-order valence-corrected chi connectivity index (χ1v) is 7.63. The van der Waals surface area contributed by atoms with Crippen LogP contribution in [-0.4, -0.2) is 24.0 Å². The van der Waals surface area contributed by atoms with Gasteiger partial charge in [0.2, 0.25) is 10.0 Å². The molecule has 2 aromatic rings. The van der Waals surface area contributed by atoms with Gasteiger partial charge < -0.3 is 0 Å². The summed E-state index contributed by atoms with van der Waals surface area (Å²) in [5.41, 5.74) is 1.15. The van der Waals surface area contributed by atoms with E-state index >= 15 is 0 Å². The summed E-state index contributed by atoms with van der Waals surface area (Å²) in [6.07, 6.45) is 1.87. The van der Waals surface area contributed by atoms with Gasteiger partial charge in [0, 0.05) is 13.2 Å². The zero-order chi connectivity index (χ0) is 14.6. The molecule has 0 aliphatic heterocycles. The van der Waals surface area contributed by atoms with Crippen molar-refractivity contribution in [2.24, 2.45) is 7.05 Å². The normalized spacial score (nSPS) is 11.0. The summed E-state index contributed by atoms with van der Waals surface area (Å²) in [6.45, 7) is 0. The van der Waals surface area contributed by atoms with E-state index in [1.54, 1.807) is 7.05 Å². The summed E-state index contributed by atoms with van der Waals surface area (Å²) in [4.78, 5) is 0. The van der Waals surface area contributed by atoms with E-state index in [2.05, 4.69) is 9.82 Å². The first-order chi connectivity index (χ1) is 9.50. The van der Waals surface area contributed by atoms with Gasteiger partial charge in [-0.15, -0.1) is 0 Å². The molecule has 20 heavy (non-hydrogen) atoms. The molecule has 0 saturated heterocycles. The lowest BCUT2D eigenvalue weighted by molar-refractivity contribution is 0.600. The standard InChI is InChI=1S/C13H14N4O2S/c1-17-10-12(9-14)13(15-17)16-20(18,19)8-7-11-5-3-2-4-6-11/h2-6,10H,7-8H2,1H3,(H,15,16). The van der Waals surface area contributed by atoms with Gasteiger partial charge in [-0.05, 0) is 12.0 Å². The van der Waals surface area contributed by atoms with E-state index in [1.165, 1.54) is 10.9 Å². The molecule has 1 aromatic heterocycles. The lowest BCUT2D eigenvalue weighted by Gasteiger charge is -2.05. The van der Waals surface area contributed by atoms with Crippen LogP contribution in [0.4, 0.5) is 5.82 Å². The number of rotatable bonds is 5. The molecule has 0 spiro atoms. The van der Waals surface area contributed by atoms with Gasteiger partial charge in [-0.1, -0.05) is 30.3 Å². The number of hydrogen-bond donors (Lipinski definition) is 1. The summed E-state index contributed by atoms with van der Waals surface area (Å²) in [5.74, 6) is 0.0152. The molecular weight excluding hydrogens is 276 g/mol. The Hall–Kier alpha value is -2.33. The molecule has 1 aromatic carbocycles. The monoisotopic (exact) mass is 290 g/mol. The van der Waals surface area contributed by atoms with Crippen molar-refractivity contribution in [1.82, 2.24) is 9.78 Å². The number of nitrogens with one attached hydrogen (secondary N) is 1. The highest BCUT2D eigenvalue weighted by atomic mass is 32.2. The van der Waals surface area contributed by atoms with Gasteiger partial charge in [-0.25, -0.2) is 8.42 Å². The summed E-state index contributed by atoms with van der Waals surface area (Å²) >= 11 is 0. The van der Waals surface area contributed by atoms with E-state index < -0.39 is 10.0 Å². The van der Waals surface area contributed by atoms with Gasteiger partial charge in [0.15, 0.2) is 5.82 Å². The predicted molar refractivity (Wildman–Crippen MR) is 75.5 cm³/mol. The Bertz CT molecular complexity index is 729. The van der Waals surface area contributed by atoms with Crippen LogP contribution < -0.4 is 4.72 Å². The molecule has 0 fully saturated rings. The number of nitrogens with zero attached hydrogens (tertiary/aromatic N) is 3. The fourth-order valence-electron chi connectivity index (χ4n) is 1.74. The summed E-state index contributed by atoms with van der Waals surface area (Å²) in [5, 5.41) is 12.8. The third-order valence-corrected chi connectivity index (χ3v) is 3.95. The minimum absolute atomic E-state index is 0.0571. The zero-order valence-electron chi connectivity index (χ0n) is 10.9. The highest BCUT2D eigenvalue weighted by Crippen LogP contribution is 2.13. The van der Waals surface area contributed by atoms with Crippen LogP contribution in [0.5, 0.6) is 0 Å². The van der Waals surface area contributed by atoms with Crippen LogP contribution in [-0.2, 0) is 23.5 Å². The van der Waals surface area contributed by atoms with Gasteiger partial charge in [-0.3, -0.25) is 9.40 Å². The number of nitriles is 1. The largest absolute Gasteiger partial charge is 0.272 e. The van der Waals surface area contributed by atoms with E-state index in [0.29, 0.717) is 6.42 Å². The van der Waals surface area contributed by atoms with E-state index in [9.17, 15) is 8.42 Å². The average molecular weight is 290 g/mol. The van der Waals surface area contributed by atoms with Crippen molar-refractivity contribution in [3.8, 4) is 6.07 Å². The second kappa shape index (κ2) is 5.75. The van der Waals surface area contributed by atoms with E-state index in [-0.39, 0.29) is 17.1 Å². The van der Waals surface area contributed by atoms with Crippen molar-refractivity contribution in [1.29, 1.82) is 5.26 Å². The number of benzene rings is 1. The molecule has 6 nitrogen and oxygen atoms in total. The molecule has 0 saturated carbocycles. The van der Waals surface area contributed by atoms with Crippen LogP contribution >= 0.6 is 0 Å². The fraction of sp³-hybridized carbons (Fsp3) is 0.231. The average Bonchev–Trinajstić information content (AvgIpc) is 2.77. The lowest BCUT2D eigenvalue weighted by Crippen LogP contribution is -2.19. The Labute approximate surface area is 117 Å². The van der Waals surface area contributed by atoms with Gasteiger partial charge >= 0.3 is 0 Å². The smallest absolute Gasteiger partial charge is 0.234 e.